The van der Waals surface area contributed by atoms with E-state index < -0.39 is 59.2 Å². The van der Waals surface area contributed by atoms with Crippen molar-refractivity contribution in [1.82, 2.24) is 15.5 Å². The van der Waals surface area contributed by atoms with E-state index in [-0.39, 0.29) is 12.3 Å². The van der Waals surface area contributed by atoms with Crippen LogP contribution in [0.1, 0.15) is 118 Å². The van der Waals surface area contributed by atoms with E-state index in [2.05, 4.69) is 24.5 Å². The summed E-state index contributed by atoms with van der Waals surface area (Å²) in [6.45, 7) is 22.7. The molecule has 0 bridgehead atoms. The first-order chi connectivity index (χ1) is 22.7. The molecule has 4 unspecified atom stereocenters. The summed E-state index contributed by atoms with van der Waals surface area (Å²) < 4.78 is 11.3. The fourth-order valence-electron chi connectivity index (χ4n) is 5.61. The number of rotatable bonds is 15. The molecule has 4 atom stereocenters. The Morgan fingerprint density at radius 3 is 1.82 bits per heavy atom. The molecule has 2 aromatic rings. The molecule has 3 amide bonds. The van der Waals surface area contributed by atoms with Crippen LogP contribution in [0.3, 0.4) is 0 Å². The van der Waals surface area contributed by atoms with E-state index in [9.17, 15) is 19.2 Å². The number of carbonyl (C=O) groups is 4. The molecule has 9 heteroatoms. The molecule has 0 radical (unpaired) electrons. The summed E-state index contributed by atoms with van der Waals surface area (Å²) in [6.07, 6.45) is 1.28. The van der Waals surface area contributed by atoms with Gasteiger partial charge in [-0.05, 0) is 103 Å². The zero-order valence-corrected chi connectivity index (χ0v) is 31.9. The summed E-state index contributed by atoms with van der Waals surface area (Å²) in [7, 11) is 0. The van der Waals surface area contributed by atoms with Crippen molar-refractivity contribution < 1.29 is 28.7 Å². The number of hydrogen-bond acceptors (Lipinski definition) is 6. The third-order valence-corrected chi connectivity index (χ3v) is 7.89. The van der Waals surface area contributed by atoms with Crippen LogP contribution in [-0.2, 0) is 30.3 Å². The minimum absolute atomic E-state index is 0.0462. The van der Waals surface area contributed by atoms with Crippen molar-refractivity contribution in [3.63, 3.8) is 0 Å². The highest BCUT2D eigenvalue weighted by molar-refractivity contribution is 5.94. The van der Waals surface area contributed by atoms with Gasteiger partial charge in [0.05, 0.1) is 0 Å². The molecule has 0 heterocycles. The Morgan fingerprint density at radius 1 is 0.714 bits per heavy atom. The molecule has 0 aliphatic carbocycles. The average molecular weight is 680 g/mol. The van der Waals surface area contributed by atoms with Gasteiger partial charge in [-0.25, -0.2) is 9.59 Å². The van der Waals surface area contributed by atoms with Crippen molar-refractivity contribution in [2.24, 2.45) is 11.8 Å². The van der Waals surface area contributed by atoms with Gasteiger partial charge in [0.1, 0.15) is 29.3 Å². The highest BCUT2D eigenvalue weighted by Crippen LogP contribution is 2.31. The van der Waals surface area contributed by atoms with E-state index in [0.717, 1.165) is 17.5 Å². The van der Waals surface area contributed by atoms with Crippen molar-refractivity contribution in [3.8, 4) is 0 Å². The summed E-state index contributed by atoms with van der Waals surface area (Å²) in [5.41, 5.74) is 0.750. The number of hydrogen-bond donors (Lipinski definition) is 2. The Balaban J connectivity index is 2.72. The number of carbonyl (C=O) groups excluding carboxylic acids is 4. The van der Waals surface area contributed by atoms with Crippen molar-refractivity contribution in [3.05, 3.63) is 71.3 Å². The van der Waals surface area contributed by atoms with Gasteiger partial charge in [-0.2, -0.15) is 0 Å². The Bertz CT molecular complexity index is 1380. The molecule has 2 rings (SSSR count). The number of nitrogens with zero attached hydrogens (tertiary/aromatic N) is 1. The fourth-order valence-corrected chi connectivity index (χ4v) is 5.61. The Hall–Kier alpha value is -3.88. The monoisotopic (exact) mass is 679 g/mol. The minimum atomic E-state index is -1.10. The van der Waals surface area contributed by atoms with E-state index in [0.29, 0.717) is 24.3 Å². The number of aryl methyl sites for hydroxylation is 1. The minimum Gasteiger partial charge on any atom is -0.458 e. The number of alkyl carbamates (subject to hydrolysis) is 1. The molecule has 2 N–H and O–H groups in total. The van der Waals surface area contributed by atoms with Gasteiger partial charge in [0.25, 0.3) is 0 Å². The number of amides is 3. The van der Waals surface area contributed by atoms with Crippen LogP contribution >= 0.6 is 0 Å². The lowest BCUT2D eigenvalue weighted by Crippen LogP contribution is -2.57. The number of benzene rings is 2. The second kappa shape index (κ2) is 18.2. The average Bonchev–Trinajstić information content (AvgIpc) is 2.96. The van der Waals surface area contributed by atoms with E-state index >= 15 is 0 Å². The molecule has 9 nitrogen and oxygen atoms in total. The summed E-state index contributed by atoms with van der Waals surface area (Å²) in [5, 5.41) is 5.82. The fraction of sp³-hybridized carbons (Fsp3) is 0.600. The molecule has 272 valence electrons. The van der Waals surface area contributed by atoms with Gasteiger partial charge in [-0.3, -0.25) is 9.59 Å². The highest BCUT2D eigenvalue weighted by Gasteiger charge is 2.41. The smallest absolute Gasteiger partial charge is 0.408 e. The second-order valence-electron chi connectivity index (χ2n) is 15.9. The lowest BCUT2D eigenvalue weighted by molar-refractivity contribution is -0.159. The second-order valence-corrected chi connectivity index (χ2v) is 15.9. The van der Waals surface area contributed by atoms with Gasteiger partial charge >= 0.3 is 12.1 Å². The SMILES string of the molecule is Cc1ccccc1C(C(=O)NC(Cc1ccccc1)C(=O)OC(C)(C)C)N(C(=O)C(CC(C)C)NC(=O)OC(C)(C)C)C(C)CCC(C)C. The first kappa shape index (κ1) is 41.3. The lowest BCUT2D eigenvalue weighted by Gasteiger charge is -2.40. The number of nitrogens with one attached hydrogen (secondary N) is 2. The molecule has 0 saturated carbocycles. The highest BCUT2D eigenvalue weighted by atomic mass is 16.6. The van der Waals surface area contributed by atoms with Crippen LogP contribution in [-0.4, -0.2) is 58.1 Å². The molecule has 49 heavy (non-hydrogen) atoms. The van der Waals surface area contributed by atoms with Gasteiger partial charge in [0.15, 0.2) is 0 Å². The van der Waals surface area contributed by atoms with Gasteiger partial charge in [0, 0.05) is 12.5 Å². The van der Waals surface area contributed by atoms with Crippen LogP contribution in [0.4, 0.5) is 4.79 Å². The third-order valence-electron chi connectivity index (χ3n) is 7.89. The predicted octanol–water partition coefficient (Wildman–Crippen LogP) is 7.70. The zero-order chi connectivity index (χ0) is 37.1. The summed E-state index contributed by atoms with van der Waals surface area (Å²) in [6, 6.07) is 13.4. The Kier molecular flexibility index (Phi) is 15.3. The van der Waals surface area contributed by atoms with E-state index in [1.54, 1.807) is 46.4 Å². The van der Waals surface area contributed by atoms with Crippen molar-refractivity contribution in [1.29, 1.82) is 0 Å². The van der Waals surface area contributed by atoms with Crippen LogP contribution in [0.2, 0.25) is 0 Å². The van der Waals surface area contributed by atoms with Gasteiger partial charge in [-0.1, -0.05) is 82.3 Å². The standard InChI is InChI=1S/C40H61N3O6/c1-26(2)22-23-29(6)43(36(45)32(24-27(3)4)42-38(47)49-40(10,11)12)34(31-21-17-16-18-28(31)5)35(44)41-33(37(46)48-39(7,8)9)25-30-19-14-13-15-20-30/h13-21,26-27,29,32-34H,22-25H2,1-12H3,(H,41,44)(H,42,47). The topological polar surface area (TPSA) is 114 Å². The van der Waals surface area contributed by atoms with Gasteiger partial charge in [-0.15, -0.1) is 0 Å². The summed E-state index contributed by atoms with van der Waals surface area (Å²) >= 11 is 0. The molecule has 0 aromatic heterocycles. The zero-order valence-electron chi connectivity index (χ0n) is 31.9. The van der Waals surface area contributed by atoms with Crippen LogP contribution in [0.25, 0.3) is 0 Å². The molecule has 0 fully saturated rings. The van der Waals surface area contributed by atoms with Crippen LogP contribution in [0, 0.1) is 18.8 Å². The quantitative estimate of drug-likeness (QED) is 0.187. The van der Waals surface area contributed by atoms with Crippen molar-refractivity contribution in [2.45, 2.75) is 144 Å². The molecule has 0 aliphatic heterocycles. The Labute approximate surface area is 294 Å². The van der Waals surface area contributed by atoms with Gasteiger partial charge in [0.2, 0.25) is 11.8 Å². The van der Waals surface area contributed by atoms with Crippen molar-refractivity contribution >= 4 is 23.9 Å². The maximum atomic E-state index is 14.9. The summed E-state index contributed by atoms with van der Waals surface area (Å²) in [4.78, 5) is 58.0. The lowest BCUT2D eigenvalue weighted by atomic mass is 9.93. The predicted molar refractivity (Wildman–Crippen MR) is 195 cm³/mol. The number of ether oxygens (including phenoxy) is 2. The first-order valence-electron chi connectivity index (χ1n) is 17.6. The van der Waals surface area contributed by atoms with Crippen LogP contribution in [0.15, 0.2) is 54.6 Å². The Morgan fingerprint density at radius 2 is 1.29 bits per heavy atom. The molecule has 0 saturated heterocycles. The molecule has 0 aliphatic rings. The van der Waals surface area contributed by atoms with E-state index in [1.807, 2.05) is 82.3 Å². The van der Waals surface area contributed by atoms with E-state index in [4.69, 9.17) is 9.47 Å². The maximum Gasteiger partial charge on any atom is 0.408 e. The maximum absolute atomic E-state index is 14.9. The van der Waals surface area contributed by atoms with Crippen molar-refractivity contribution in [2.75, 3.05) is 0 Å². The van der Waals surface area contributed by atoms with Gasteiger partial charge < -0.3 is 25.0 Å². The largest absolute Gasteiger partial charge is 0.458 e. The van der Waals surface area contributed by atoms with Crippen LogP contribution < -0.4 is 10.6 Å². The first-order valence-corrected chi connectivity index (χ1v) is 17.6. The molecule has 2 aromatic carbocycles. The molecular weight excluding hydrogens is 618 g/mol. The normalized spacial score (nSPS) is 14.4. The molecule has 0 spiro atoms. The molecular formula is C40H61N3O6. The summed E-state index contributed by atoms with van der Waals surface area (Å²) in [5.74, 6) is -1.06. The number of esters is 1. The van der Waals surface area contributed by atoms with E-state index in [1.165, 1.54) is 0 Å². The van der Waals surface area contributed by atoms with Crippen LogP contribution in [0.5, 0.6) is 0 Å². The third kappa shape index (κ3) is 14.2.